The van der Waals surface area contributed by atoms with Crippen molar-refractivity contribution in [2.24, 2.45) is 0 Å². The van der Waals surface area contributed by atoms with E-state index in [1.54, 1.807) is 24.4 Å². The molecule has 5 aromatic rings. The highest BCUT2D eigenvalue weighted by atomic mass is 19.1. The van der Waals surface area contributed by atoms with Gasteiger partial charge in [-0.25, -0.2) is 9.37 Å². The maximum absolute atomic E-state index is 13.2. The minimum absolute atomic E-state index is 0.104. The van der Waals surface area contributed by atoms with Crippen LogP contribution in [0, 0.1) is 5.82 Å². The van der Waals surface area contributed by atoms with Gasteiger partial charge in [-0.1, -0.05) is 12.1 Å². The molecule has 0 spiro atoms. The Bertz CT molecular complexity index is 1400. The Morgan fingerprint density at radius 3 is 2.30 bits per heavy atom. The van der Waals surface area contributed by atoms with Gasteiger partial charge in [0.15, 0.2) is 17.5 Å². The van der Waals surface area contributed by atoms with Crippen LogP contribution in [0.5, 0.6) is 23.4 Å². The Kier molecular flexibility index (Phi) is 3.82. The van der Waals surface area contributed by atoms with E-state index in [1.807, 2.05) is 0 Å². The van der Waals surface area contributed by atoms with Crippen molar-refractivity contribution in [1.29, 1.82) is 0 Å². The Balaban J connectivity index is 1.81. The van der Waals surface area contributed by atoms with E-state index < -0.39 is 0 Å². The first-order valence-corrected chi connectivity index (χ1v) is 9.12. The Morgan fingerprint density at radius 2 is 1.60 bits per heavy atom. The van der Waals surface area contributed by atoms with Gasteiger partial charge in [0.05, 0.1) is 16.6 Å². The minimum atomic E-state index is -0.361. The van der Waals surface area contributed by atoms with Crippen LogP contribution in [0.15, 0.2) is 54.9 Å². The van der Waals surface area contributed by atoms with Crippen molar-refractivity contribution in [3.63, 3.8) is 0 Å². The van der Waals surface area contributed by atoms with Crippen LogP contribution in [0.25, 0.3) is 27.4 Å². The highest BCUT2D eigenvalue weighted by molar-refractivity contribution is 6.13. The number of hydrogen-bond donors (Lipinski definition) is 5. The Hall–Kier alpha value is -4.20. The molecule has 150 valence electrons. The van der Waals surface area contributed by atoms with Gasteiger partial charge in [0, 0.05) is 35.3 Å². The fraction of sp³-hybridized carbons (Fsp3) is 0.0455. The highest BCUT2D eigenvalue weighted by Crippen LogP contribution is 2.45. The largest absolute Gasteiger partial charge is 0.505 e. The summed E-state index contributed by atoms with van der Waals surface area (Å²) in [7, 11) is 0. The molecule has 5 rings (SSSR count). The summed E-state index contributed by atoms with van der Waals surface area (Å²) in [6.07, 6.45) is 3.55. The molecule has 3 heterocycles. The third kappa shape index (κ3) is 2.61. The number of rotatable bonds is 3. The zero-order valence-electron chi connectivity index (χ0n) is 15.5. The Morgan fingerprint density at radius 1 is 0.900 bits per heavy atom. The van der Waals surface area contributed by atoms with Crippen molar-refractivity contribution in [2.75, 3.05) is 0 Å². The predicted octanol–water partition coefficient (Wildman–Crippen LogP) is 4.06. The first-order chi connectivity index (χ1) is 14.4. The fourth-order valence-electron chi connectivity index (χ4n) is 3.81. The number of halogens is 1. The minimum Gasteiger partial charge on any atom is -0.505 e. The van der Waals surface area contributed by atoms with Gasteiger partial charge < -0.3 is 25.4 Å². The number of pyridine rings is 1. The van der Waals surface area contributed by atoms with E-state index in [0.717, 1.165) is 11.1 Å². The molecule has 0 aliphatic carbocycles. The van der Waals surface area contributed by atoms with Crippen LogP contribution in [0.4, 0.5) is 4.39 Å². The Labute approximate surface area is 168 Å². The summed E-state index contributed by atoms with van der Waals surface area (Å²) in [6.45, 7) is 0. The molecular weight excluding hydrogens is 389 g/mol. The van der Waals surface area contributed by atoms with Crippen molar-refractivity contribution >= 4 is 21.7 Å². The molecule has 0 saturated carbocycles. The van der Waals surface area contributed by atoms with Crippen LogP contribution < -0.4 is 0 Å². The lowest BCUT2D eigenvalue weighted by Gasteiger charge is -2.15. The monoisotopic (exact) mass is 405 g/mol. The zero-order valence-corrected chi connectivity index (χ0v) is 15.5. The van der Waals surface area contributed by atoms with E-state index in [1.165, 1.54) is 35.0 Å². The van der Waals surface area contributed by atoms with Crippen molar-refractivity contribution in [3.05, 3.63) is 71.8 Å². The van der Waals surface area contributed by atoms with Gasteiger partial charge in [-0.2, -0.15) is 0 Å². The number of phenols is 1. The van der Waals surface area contributed by atoms with Crippen LogP contribution in [0.3, 0.4) is 0 Å². The summed E-state index contributed by atoms with van der Waals surface area (Å²) >= 11 is 0. The third-order valence-corrected chi connectivity index (χ3v) is 5.18. The molecule has 0 radical (unpaired) electrons. The van der Waals surface area contributed by atoms with Gasteiger partial charge in [-0.15, -0.1) is 0 Å². The number of nitrogens with zero attached hydrogens (tertiary/aromatic N) is 2. The molecule has 8 heteroatoms. The number of aromatic nitrogens is 3. The summed E-state index contributed by atoms with van der Waals surface area (Å²) in [5.41, 5.74) is 2.36. The smallest absolute Gasteiger partial charge is 0.222 e. The number of fused-ring (bicyclic) bond motifs is 2. The van der Waals surface area contributed by atoms with E-state index in [0.29, 0.717) is 28.4 Å². The zero-order chi connectivity index (χ0) is 21.0. The summed E-state index contributed by atoms with van der Waals surface area (Å²) in [6, 6.07) is 10.6. The summed E-state index contributed by atoms with van der Waals surface area (Å²) < 4.78 is 14.4. The molecule has 0 saturated heterocycles. The van der Waals surface area contributed by atoms with Crippen molar-refractivity contribution in [2.45, 2.75) is 6.42 Å². The molecule has 3 aromatic heterocycles. The molecule has 0 atom stereocenters. The van der Waals surface area contributed by atoms with Crippen molar-refractivity contribution in [1.82, 2.24) is 14.5 Å². The maximum atomic E-state index is 13.2. The summed E-state index contributed by atoms with van der Waals surface area (Å²) in [4.78, 5) is 6.91. The standard InChI is InChI=1S/C22H16FN3O4/c23-13-3-1-11(2-4-13)7-12-8-14-19(24-9-12)21(29)18-15(10-25-22(18)30)20(14)26-16(27)5-6-17(26)28/h1-6,8-10,24,27-30H,7H2. The molecule has 2 aromatic carbocycles. The molecule has 7 nitrogen and oxygen atoms in total. The van der Waals surface area contributed by atoms with E-state index in [4.69, 9.17) is 0 Å². The highest BCUT2D eigenvalue weighted by Gasteiger charge is 2.23. The van der Waals surface area contributed by atoms with Crippen molar-refractivity contribution < 1.29 is 24.8 Å². The first kappa shape index (κ1) is 17.9. The average Bonchev–Trinajstić information content (AvgIpc) is 3.27. The van der Waals surface area contributed by atoms with Gasteiger partial charge in [-0.05, 0) is 35.7 Å². The normalized spacial score (nSPS) is 11.5. The topological polar surface area (TPSA) is 115 Å². The second kappa shape index (κ2) is 6.41. The number of phenolic OH excluding ortho intramolecular Hbond substituents is 1. The van der Waals surface area contributed by atoms with Gasteiger partial charge in [-0.3, -0.25) is 4.57 Å². The fourth-order valence-corrected chi connectivity index (χ4v) is 3.81. The van der Waals surface area contributed by atoms with E-state index in [2.05, 4.69) is 9.97 Å². The van der Waals surface area contributed by atoms with E-state index >= 15 is 0 Å². The number of nitrogens with one attached hydrogen (secondary N) is 1. The summed E-state index contributed by atoms with van der Waals surface area (Å²) in [5, 5.41) is 42.5. The molecule has 0 aliphatic heterocycles. The number of aromatic amines is 1. The lowest BCUT2D eigenvalue weighted by atomic mass is 10.0. The van der Waals surface area contributed by atoms with Gasteiger partial charge in [0.25, 0.3) is 0 Å². The molecular formula is C22H16FN3O4. The predicted molar refractivity (Wildman–Crippen MR) is 109 cm³/mol. The third-order valence-electron chi connectivity index (χ3n) is 5.18. The van der Waals surface area contributed by atoms with Crippen LogP contribution in [-0.2, 0) is 6.42 Å². The lowest BCUT2D eigenvalue weighted by Crippen LogP contribution is -1.98. The number of H-pyrrole nitrogens is 1. The van der Waals surface area contributed by atoms with Gasteiger partial charge in [0.2, 0.25) is 5.88 Å². The molecule has 0 unspecified atom stereocenters. The number of hydrogen-bond acceptors (Lipinski definition) is 5. The lowest BCUT2D eigenvalue weighted by molar-refractivity contribution is 0.403. The van der Waals surface area contributed by atoms with Crippen LogP contribution >= 0.6 is 0 Å². The SMILES string of the molecule is Oc1ncc2c(-n3c(O)ccc3O)c3cc(Cc4ccc(F)cc4)c[nH]c3c(O)c12. The van der Waals surface area contributed by atoms with Crippen LogP contribution in [-0.4, -0.2) is 35.0 Å². The van der Waals surface area contributed by atoms with E-state index in [9.17, 15) is 24.8 Å². The van der Waals surface area contributed by atoms with Crippen molar-refractivity contribution in [3.8, 4) is 29.1 Å². The quantitative estimate of drug-likeness (QED) is 0.311. The number of aromatic hydroxyl groups is 4. The number of benzene rings is 2. The second-order valence-electron chi connectivity index (χ2n) is 7.05. The van der Waals surface area contributed by atoms with Gasteiger partial charge in [0.1, 0.15) is 5.82 Å². The average molecular weight is 405 g/mol. The summed E-state index contributed by atoms with van der Waals surface area (Å²) in [5.74, 6) is -1.31. The van der Waals surface area contributed by atoms with Gasteiger partial charge >= 0.3 is 0 Å². The molecule has 0 aliphatic rings. The molecule has 30 heavy (non-hydrogen) atoms. The molecule has 5 N–H and O–H groups in total. The van der Waals surface area contributed by atoms with Crippen LogP contribution in [0.2, 0.25) is 0 Å². The van der Waals surface area contributed by atoms with Crippen LogP contribution in [0.1, 0.15) is 11.1 Å². The molecule has 0 fully saturated rings. The second-order valence-corrected chi connectivity index (χ2v) is 7.05. The first-order valence-electron chi connectivity index (χ1n) is 9.12. The molecule has 0 bridgehead atoms. The van der Waals surface area contributed by atoms with E-state index in [-0.39, 0.29) is 34.6 Å². The molecule has 0 amide bonds. The maximum Gasteiger partial charge on any atom is 0.222 e.